The molecule has 0 radical (unpaired) electrons. The van der Waals surface area contributed by atoms with Crippen LogP contribution in [0, 0.1) is 0 Å². The van der Waals surface area contributed by atoms with Crippen molar-refractivity contribution in [2.75, 3.05) is 26.4 Å². The fraction of sp³-hybridized carbons (Fsp3) is 0.807. The zero-order valence-corrected chi connectivity index (χ0v) is 42.4. The van der Waals surface area contributed by atoms with Crippen LogP contribution in [0.4, 0.5) is 0 Å². The van der Waals surface area contributed by atoms with E-state index >= 15 is 0 Å². The van der Waals surface area contributed by atoms with Crippen LogP contribution in [0.2, 0.25) is 0 Å². The number of carbonyl (C=O) groups excluding carboxylic acids is 1. The topological polar surface area (TPSA) is 135 Å². The third kappa shape index (κ3) is 37.8. The van der Waals surface area contributed by atoms with Crippen LogP contribution >= 0.6 is 0 Å². The first-order chi connectivity index (χ1) is 32.4. The third-order valence-electron chi connectivity index (χ3n) is 12.4. The maximum Gasteiger partial charge on any atom is 0.306 e. The van der Waals surface area contributed by atoms with E-state index in [-0.39, 0.29) is 19.2 Å². The number of esters is 1. The van der Waals surface area contributed by atoms with Crippen LogP contribution in [0.25, 0.3) is 0 Å². The van der Waals surface area contributed by atoms with E-state index in [0.717, 1.165) is 83.5 Å². The van der Waals surface area contributed by atoms with Gasteiger partial charge in [0.05, 0.1) is 19.8 Å². The van der Waals surface area contributed by atoms with Crippen LogP contribution in [0.15, 0.2) is 60.8 Å². The molecule has 0 aromatic carbocycles. The highest BCUT2D eigenvalue weighted by atomic mass is 16.7. The highest BCUT2D eigenvalue weighted by Gasteiger charge is 2.44. The minimum atomic E-state index is -1.54. The first-order valence-electron chi connectivity index (χ1n) is 27.4. The predicted molar refractivity (Wildman–Crippen MR) is 274 cm³/mol. The smallest absolute Gasteiger partial charge is 0.306 e. The number of hydrogen-bond donors (Lipinski definition) is 4. The lowest BCUT2D eigenvalue weighted by atomic mass is 9.99. The second kappa shape index (κ2) is 47.9. The van der Waals surface area contributed by atoms with Gasteiger partial charge in [-0.05, 0) is 57.8 Å². The molecule has 1 aliphatic heterocycles. The van der Waals surface area contributed by atoms with E-state index in [2.05, 4.69) is 74.6 Å². The molecule has 9 heteroatoms. The third-order valence-corrected chi connectivity index (χ3v) is 12.4. The van der Waals surface area contributed by atoms with Crippen molar-refractivity contribution in [1.29, 1.82) is 0 Å². The minimum absolute atomic E-state index is 0.124. The summed E-state index contributed by atoms with van der Waals surface area (Å²) in [6.45, 7) is 4.42. The van der Waals surface area contributed by atoms with Gasteiger partial charge in [0.25, 0.3) is 0 Å². The summed E-state index contributed by atoms with van der Waals surface area (Å²) in [5.41, 5.74) is 0. The van der Waals surface area contributed by atoms with E-state index < -0.39 is 43.4 Å². The molecule has 0 bridgehead atoms. The maximum atomic E-state index is 12.9. The van der Waals surface area contributed by atoms with Gasteiger partial charge in [-0.1, -0.05) is 229 Å². The molecule has 384 valence electrons. The number of unbranched alkanes of at least 4 members (excludes halogenated alkanes) is 26. The SMILES string of the molecule is CC/C=C\C/C=C\C/C=C\C/C=C\C/C=C\CCCCCCOCC(COC1OC(CO)C(O)C(O)C1O)OC(=O)CCCCCCCCCCCCCCCCCCCCCCCCC. The van der Waals surface area contributed by atoms with Crippen LogP contribution < -0.4 is 0 Å². The summed E-state index contributed by atoms with van der Waals surface area (Å²) in [7, 11) is 0. The molecule has 6 atom stereocenters. The van der Waals surface area contributed by atoms with Crippen molar-refractivity contribution in [3.05, 3.63) is 60.8 Å². The number of carbonyl (C=O) groups is 1. The Balaban J connectivity index is 2.19. The van der Waals surface area contributed by atoms with Crippen molar-refractivity contribution >= 4 is 5.97 Å². The maximum absolute atomic E-state index is 12.9. The van der Waals surface area contributed by atoms with Crippen molar-refractivity contribution in [2.24, 2.45) is 0 Å². The van der Waals surface area contributed by atoms with Crippen LogP contribution in [-0.4, -0.2) is 89.6 Å². The normalized spacial score (nSPS) is 19.8. The molecule has 1 fully saturated rings. The van der Waals surface area contributed by atoms with Gasteiger partial charge in [0.15, 0.2) is 6.29 Å². The minimum Gasteiger partial charge on any atom is -0.457 e. The molecule has 0 amide bonds. The Kier molecular flexibility index (Phi) is 45.0. The van der Waals surface area contributed by atoms with E-state index in [9.17, 15) is 25.2 Å². The Hall–Kier alpha value is -2.11. The Bertz CT molecular complexity index is 1200. The van der Waals surface area contributed by atoms with Crippen molar-refractivity contribution < 1.29 is 44.2 Å². The molecule has 9 nitrogen and oxygen atoms in total. The number of aliphatic hydroxyl groups is 4. The van der Waals surface area contributed by atoms with Gasteiger partial charge in [0.1, 0.15) is 30.5 Å². The molecular weight excluding hydrogens is 829 g/mol. The molecule has 0 saturated carbocycles. The molecule has 1 saturated heterocycles. The predicted octanol–water partition coefficient (Wildman–Crippen LogP) is 13.8. The molecule has 0 aromatic heterocycles. The van der Waals surface area contributed by atoms with Crippen LogP contribution in [-0.2, 0) is 23.7 Å². The molecule has 6 unspecified atom stereocenters. The molecule has 66 heavy (non-hydrogen) atoms. The van der Waals surface area contributed by atoms with Crippen molar-refractivity contribution in [1.82, 2.24) is 0 Å². The van der Waals surface area contributed by atoms with E-state index in [1.165, 1.54) is 128 Å². The zero-order chi connectivity index (χ0) is 47.8. The molecular formula is C57H102O9. The second-order valence-electron chi connectivity index (χ2n) is 18.7. The Morgan fingerprint density at radius 1 is 0.500 bits per heavy atom. The highest BCUT2D eigenvalue weighted by molar-refractivity contribution is 5.69. The Labute approximate surface area is 405 Å². The summed E-state index contributed by atoms with van der Waals surface area (Å²) in [5.74, 6) is -0.320. The lowest BCUT2D eigenvalue weighted by Crippen LogP contribution is -2.59. The number of rotatable bonds is 47. The summed E-state index contributed by atoms with van der Waals surface area (Å²) in [5, 5.41) is 40.3. The van der Waals surface area contributed by atoms with Gasteiger partial charge >= 0.3 is 5.97 Å². The largest absolute Gasteiger partial charge is 0.457 e. The van der Waals surface area contributed by atoms with Crippen LogP contribution in [0.5, 0.6) is 0 Å². The quantitative estimate of drug-likeness (QED) is 0.0267. The first-order valence-corrected chi connectivity index (χ1v) is 27.4. The Morgan fingerprint density at radius 2 is 0.924 bits per heavy atom. The molecule has 1 heterocycles. The van der Waals surface area contributed by atoms with Gasteiger partial charge in [-0.15, -0.1) is 0 Å². The van der Waals surface area contributed by atoms with Crippen LogP contribution in [0.1, 0.15) is 232 Å². The second-order valence-corrected chi connectivity index (χ2v) is 18.7. The van der Waals surface area contributed by atoms with Crippen molar-refractivity contribution in [3.8, 4) is 0 Å². The lowest BCUT2D eigenvalue weighted by Gasteiger charge is -2.39. The number of allylic oxidation sites excluding steroid dienone is 10. The van der Waals surface area contributed by atoms with E-state index in [0.29, 0.717) is 13.0 Å². The van der Waals surface area contributed by atoms with E-state index in [1.54, 1.807) is 0 Å². The average Bonchev–Trinajstić information content (AvgIpc) is 3.32. The van der Waals surface area contributed by atoms with Gasteiger partial charge < -0.3 is 39.4 Å². The van der Waals surface area contributed by atoms with E-state index in [4.69, 9.17) is 18.9 Å². The Morgan fingerprint density at radius 3 is 1.39 bits per heavy atom. The summed E-state index contributed by atoms with van der Waals surface area (Å²) in [6.07, 6.45) is 55.5. The first kappa shape index (κ1) is 61.9. The van der Waals surface area contributed by atoms with Gasteiger partial charge in [0, 0.05) is 13.0 Å². The zero-order valence-electron chi connectivity index (χ0n) is 42.4. The standard InChI is InChI=1S/C57H102O9/c1-3-5-7-9-11-13-15-17-19-21-23-25-26-27-28-30-32-34-36-38-40-42-44-46-53(59)65-51(50-64-57-56(62)55(61)54(60)52(48-58)66-57)49-63-47-45-43-41-39-37-35-33-31-29-24-22-20-18-16-14-12-10-8-6-4-2/h6,8,12,14,18,20,24,29,33,35,51-52,54-58,60-62H,3-5,7,9-11,13,15-17,19,21-23,25-28,30-32,34,36-50H2,1-2H3/b8-6-,14-12-,20-18-,29-24-,35-33-. The number of hydrogen-bond acceptors (Lipinski definition) is 9. The number of aliphatic hydroxyl groups excluding tert-OH is 4. The summed E-state index contributed by atoms with van der Waals surface area (Å²) in [4.78, 5) is 12.9. The molecule has 0 aliphatic carbocycles. The fourth-order valence-electron chi connectivity index (χ4n) is 8.23. The summed E-state index contributed by atoms with van der Waals surface area (Å²) in [6, 6.07) is 0. The molecule has 1 rings (SSSR count). The fourth-order valence-corrected chi connectivity index (χ4v) is 8.23. The van der Waals surface area contributed by atoms with E-state index in [1.807, 2.05) is 0 Å². The van der Waals surface area contributed by atoms with Gasteiger partial charge in [-0.2, -0.15) is 0 Å². The summed E-state index contributed by atoms with van der Waals surface area (Å²) >= 11 is 0. The molecule has 0 aromatic rings. The molecule has 1 aliphatic rings. The van der Waals surface area contributed by atoms with Gasteiger partial charge in [-0.25, -0.2) is 0 Å². The average molecular weight is 931 g/mol. The number of ether oxygens (including phenoxy) is 4. The van der Waals surface area contributed by atoms with Crippen molar-refractivity contribution in [3.63, 3.8) is 0 Å². The van der Waals surface area contributed by atoms with Gasteiger partial charge in [-0.3, -0.25) is 4.79 Å². The lowest BCUT2D eigenvalue weighted by molar-refractivity contribution is -0.305. The molecule has 0 spiro atoms. The van der Waals surface area contributed by atoms with Crippen molar-refractivity contribution in [2.45, 2.75) is 269 Å². The van der Waals surface area contributed by atoms with Crippen LogP contribution in [0.3, 0.4) is 0 Å². The molecule has 4 N–H and O–H groups in total. The highest BCUT2D eigenvalue weighted by Crippen LogP contribution is 2.23. The van der Waals surface area contributed by atoms with Gasteiger partial charge in [0.2, 0.25) is 0 Å². The summed E-state index contributed by atoms with van der Waals surface area (Å²) < 4.78 is 22.9. The monoisotopic (exact) mass is 931 g/mol.